The summed E-state index contributed by atoms with van der Waals surface area (Å²) in [5.41, 5.74) is 1.33. The van der Waals surface area contributed by atoms with E-state index in [9.17, 15) is 0 Å². The van der Waals surface area contributed by atoms with Gasteiger partial charge in [0.2, 0.25) is 0 Å². The van der Waals surface area contributed by atoms with E-state index in [0.29, 0.717) is 26.4 Å². The van der Waals surface area contributed by atoms with E-state index < -0.39 is 0 Å². The first-order chi connectivity index (χ1) is 13.2. The average Bonchev–Trinajstić information content (AvgIpc) is 3.08. The lowest BCUT2D eigenvalue weighted by atomic mass is 10.0. The molecule has 154 valence electrons. The first-order valence-corrected chi connectivity index (χ1v) is 11.2. The van der Waals surface area contributed by atoms with Gasteiger partial charge in [0, 0.05) is 25.1 Å². The normalized spacial score (nSPS) is 14.3. The molecule has 0 saturated carbocycles. The second kappa shape index (κ2) is 13.1. The maximum Gasteiger partial charge on any atom is 0.194 e. The first-order valence-electron chi connectivity index (χ1n) is 10.4. The molecule has 27 heavy (non-hydrogen) atoms. The van der Waals surface area contributed by atoms with Crippen molar-refractivity contribution in [1.82, 2.24) is 15.2 Å². The van der Waals surface area contributed by atoms with Gasteiger partial charge in [0.25, 0.3) is 0 Å². The van der Waals surface area contributed by atoms with Gasteiger partial charge in [0.05, 0.1) is 38.6 Å². The van der Waals surface area contributed by atoms with Crippen molar-refractivity contribution in [3.63, 3.8) is 0 Å². The molecule has 0 amide bonds. The van der Waals surface area contributed by atoms with Gasteiger partial charge in [0.1, 0.15) is 5.01 Å². The molecule has 1 aliphatic carbocycles. The molecule has 2 rings (SSSR count). The molecular weight excluding hydrogens is 360 g/mol. The van der Waals surface area contributed by atoms with E-state index in [1.165, 1.54) is 41.3 Å². The Morgan fingerprint density at radius 3 is 2.67 bits per heavy atom. The van der Waals surface area contributed by atoms with E-state index in [0.717, 1.165) is 38.5 Å². The number of nitrogens with one attached hydrogen (secondary N) is 1. The fraction of sp³-hybridized carbons (Fsp3) is 0.800. The van der Waals surface area contributed by atoms with Crippen LogP contribution >= 0.6 is 11.3 Å². The molecule has 1 aromatic heterocycles. The van der Waals surface area contributed by atoms with Crippen molar-refractivity contribution >= 4 is 17.3 Å². The van der Waals surface area contributed by atoms with Crippen LogP contribution in [-0.4, -0.2) is 62.4 Å². The molecule has 1 N–H and O–H groups in total. The third-order valence-electron chi connectivity index (χ3n) is 4.47. The second-order valence-electron chi connectivity index (χ2n) is 6.85. The van der Waals surface area contributed by atoms with Crippen molar-refractivity contribution in [2.45, 2.75) is 58.9 Å². The second-order valence-corrected chi connectivity index (χ2v) is 8.02. The SMILES string of the molecule is CCCCOCCOCCN=C(NCC)N(C)Cc1nc2c(s1)CCCC2. The van der Waals surface area contributed by atoms with Gasteiger partial charge in [-0.25, -0.2) is 4.98 Å². The number of ether oxygens (including phenoxy) is 2. The lowest BCUT2D eigenvalue weighted by molar-refractivity contribution is 0.0497. The van der Waals surface area contributed by atoms with Crippen molar-refractivity contribution in [3.8, 4) is 0 Å². The third-order valence-corrected chi connectivity index (χ3v) is 5.61. The molecule has 1 heterocycles. The van der Waals surface area contributed by atoms with Gasteiger partial charge in [0.15, 0.2) is 5.96 Å². The van der Waals surface area contributed by atoms with Crippen LogP contribution in [0.25, 0.3) is 0 Å². The molecule has 0 fully saturated rings. The van der Waals surface area contributed by atoms with Crippen LogP contribution in [0.4, 0.5) is 0 Å². The van der Waals surface area contributed by atoms with Gasteiger partial charge in [-0.1, -0.05) is 13.3 Å². The van der Waals surface area contributed by atoms with Gasteiger partial charge >= 0.3 is 0 Å². The number of aliphatic imine (C=N–C) groups is 1. The fourth-order valence-electron chi connectivity index (χ4n) is 3.01. The number of rotatable bonds is 12. The van der Waals surface area contributed by atoms with E-state index in [-0.39, 0.29) is 0 Å². The van der Waals surface area contributed by atoms with Crippen LogP contribution in [-0.2, 0) is 28.9 Å². The van der Waals surface area contributed by atoms with Crippen LogP contribution in [0.2, 0.25) is 0 Å². The highest BCUT2D eigenvalue weighted by atomic mass is 32.1. The molecule has 0 spiro atoms. The van der Waals surface area contributed by atoms with Crippen LogP contribution in [0.3, 0.4) is 0 Å². The maximum atomic E-state index is 5.61. The smallest absolute Gasteiger partial charge is 0.194 e. The van der Waals surface area contributed by atoms with E-state index in [1.807, 2.05) is 11.3 Å². The van der Waals surface area contributed by atoms with Crippen molar-refractivity contribution in [2.24, 2.45) is 4.99 Å². The molecule has 0 aromatic carbocycles. The van der Waals surface area contributed by atoms with Crippen molar-refractivity contribution in [2.75, 3.05) is 46.6 Å². The maximum absolute atomic E-state index is 5.61. The summed E-state index contributed by atoms with van der Waals surface area (Å²) in [5, 5.41) is 4.55. The number of nitrogens with zero attached hydrogens (tertiary/aromatic N) is 3. The Morgan fingerprint density at radius 1 is 1.15 bits per heavy atom. The Balaban J connectivity index is 1.72. The van der Waals surface area contributed by atoms with Crippen LogP contribution in [0.1, 0.15) is 55.1 Å². The molecule has 0 radical (unpaired) electrons. The van der Waals surface area contributed by atoms with Crippen molar-refractivity contribution in [1.29, 1.82) is 0 Å². The molecule has 7 heteroatoms. The standard InChI is InChI=1S/C20H36N4O2S/c1-4-6-12-25-14-15-26-13-11-22-20(21-5-2)24(3)16-19-23-17-9-7-8-10-18(17)27-19/h4-16H2,1-3H3,(H,21,22). The largest absolute Gasteiger partial charge is 0.379 e. The zero-order chi connectivity index (χ0) is 19.3. The van der Waals surface area contributed by atoms with Gasteiger partial charge in [-0.15, -0.1) is 11.3 Å². The highest BCUT2D eigenvalue weighted by Crippen LogP contribution is 2.27. The number of aromatic nitrogens is 1. The Labute approximate surface area is 168 Å². The van der Waals surface area contributed by atoms with E-state index in [2.05, 4.69) is 36.1 Å². The summed E-state index contributed by atoms with van der Waals surface area (Å²) < 4.78 is 11.1. The molecule has 0 unspecified atom stereocenters. The zero-order valence-corrected chi connectivity index (χ0v) is 18.1. The summed E-state index contributed by atoms with van der Waals surface area (Å²) in [5.74, 6) is 0.911. The van der Waals surface area contributed by atoms with Crippen LogP contribution < -0.4 is 5.32 Å². The summed E-state index contributed by atoms with van der Waals surface area (Å²) in [6.45, 7) is 9.30. The number of thiazole rings is 1. The minimum absolute atomic E-state index is 0.616. The molecule has 1 aliphatic rings. The van der Waals surface area contributed by atoms with Gasteiger partial charge < -0.3 is 19.7 Å². The predicted octanol–water partition coefficient (Wildman–Crippen LogP) is 3.25. The number of aryl methyl sites for hydroxylation is 2. The quantitative estimate of drug-likeness (QED) is 0.334. The lowest BCUT2D eigenvalue weighted by Gasteiger charge is -2.21. The summed E-state index contributed by atoms with van der Waals surface area (Å²) in [6, 6.07) is 0. The van der Waals surface area contributed by atoms with Crippen LogP contribution in [0.5, 0.6) is 0 Å². The summed E-state index contributed by atoms with van der Waals surface area (Å²) in [4.78, 5) is 13.2. The Hall–Kier alpha value is -1.18. The summed E-state index contributed by atoms with van der Waals surface area (Å²) in [6.07, 6.45) is 7.20. The topological polar surface area (TPSA) is 59.0 Å². The number of hydrogen-bond donors (Lipinski definition) is 1. The highest BCUT2D eigenvalue weighted by Gasteiger charge is 2.16. The lowest BCUT2D eigenvalue weighted by Crippen LogP contribution is -2.38. The molecule has 0 bridgehead atoms. The summed E-state index contributed by atoms with van der Waals surface area (Å²) in [7, 11) is 2.07. The molecular formula is C20H36N4O2S. The predicted molar refractivity (Wildman–Crippen MR) is 113 cm³/mol. The first kappa shape index (κ1) is 22.1. The number of fused-ring (bicyclic) bond motifs is 1. The van der Waals surface area contributed by atoms with Crippen molar-refractivity contribution in [3.05, 3.63) is 15.6 Å². The molecule has 6 nitrogen and oxygen atoms in total. The Kier molecular flexibility index (Phi) is 10.7. The molecule has 0 aliphatic heterocycles. The van der Waals surface area contributed by atoms with Gasteiger partial charge in [-0.05, 0) is 39.0 Å². The number of unbranched alkanes of at least 4 members (excludes halogenated alkanes) is 1. The molecule has 0 saturated heterocycles. The van der Waals surface area contributed by atoms with Crippen LogP contribution in [0, 0.1) is 0 Å². The minimum Gasteiger partial charge on any atom is -0.379 e. The average molecular weight is 397 g/mol. The Bertz CT molecular complexity index is 539. The van der Waals surface area contributed by atoms with Crippen molar-refractivity contribution < 1.29 is 9.47 Å². The minimum atomic E-state index is 0.616. The monoisotopic (exact) mass is 396 g/mol. The number of guanidine groups is 1. The van der Waals surface area contributed by atoms with Gasteiger partial charge in [-0.3, -0.25) is 4.99 Å². The van der Waals surface area contributed by atoms with Crippen LogP contribution in [0.15, 0.2) is 4.99 Å². The zero-order valence-electron chi connectivity index (χ0n) is 17.3. The van der Waals surface area contributed by atoms with Gasteiger partial charge in [-0.2, -0.15) is 0 Å². The Morgan fingerprint density at radius 2 is 1.93 bits per heavy atom. The van der Waals surface area contributed by atoms with E-state index >= 15 is 0 Å². The third kappa shape index (κ3) is 8.15. The number of hydrogen-bond acceptors (Lipinski definition) is 5. The van der Waals surface area contributed by atoms with E-state index in [4.69, 9.17) is 14.5 Å². The molecule has 1 aromatic rings. The van der Waals surface area contributed by atoms with E-state index in [1.54, 1.807) is 0 Å². The fourth-order valence-corrected chi connectivity index (χ4v) is 4.22. The summed E-state index contributed by atoms with van der Waals surface area (Å²) >= 11 is 1.87. The highest BCUT2D eigenvalue weighted by molar-refractivity contribution is 7.11. The molecule has 0 atom stereocenters.